The van der Waals surface area contributed by atoms with Crippen LogP contribution in [0.15, 0.2) is 36.4 Å². The quantitative estimate of drug-likeness (QED) is 0.379. The van der Waals surface area contributed by atoms with E-state index in [1.807, 2.05) is 6.92 Å². The van der Waals surface area contributed by atoms with Crippen molar-refractivity contribution >= 4 is 17.3 Å². The van der Waals surface area contributed by atoms with Crippen molar-refractivity contribution in [1.29, 1.82) is 0 Å². The van der Waals surface area contributed by atoms with Crippen molar-refractivity contribution in [2.75, 3.05) is 71.0 Å². The van der Waals surface area contributed by atoms with Gasteiger partial charge in [-0.3, -0.25) is 14.6 Å². The molecule has 0 saturated carbocycles. The Morgan fingerprint density at radius 2 is 1.76 bits per heavy atom. The van der Waals surface area contributed by atoms with Gasteiger partial charge in [-0.05, 0) is 41.3 Å². The highest BCUT2D eigenvalue weighted by Crippen LogP contribution is 2.45. The predicted octanol–water partition coefficient (Wildman–Crippen LogP) is 2.85. The van der Waals surface area contributed by atoms with Crippen molar-refractivity contribution < 1.29 is 19.4 Å². The molecule has 4 rings (SSSR count). The van der Waals surface area contributed by atoms with Gasteiger partial charge < -0.3 is 25.2 Å². The highest BCUT2D eigenvalue weighted by Gasteiger charge is 2.33. The van der Waals surface area contributed by atoms with Gasteiger partial charge in [0.2, 0.25) is 5.91 Å². The maximum Gasteiger partial charge on any atom is 0.246 e. The highest BCUT2D eigenvalue weighted by molar-refractivity contribution is 5.77. The van der Waals surface area contributed by atoms with Crippen molar-refractivity contribution in [3.05, 3.63) is 58.7 Å². The van der Waals surface area contributed by atoms with Crippen LogP contribution in [0.4, 0.5) is 11.4 Å². The summed E-state index contributed by atoms with van der Waals surface area (Å²) in [7, 11) is 0. The normalized spacial score (nSPS) is 17.1. The average Bonchev–Trinajstić information content (AvgIpc) is 2.90. The molecule has 8 heteroatoms. The molecule has 0 unspecified atom stereocenters. The zero-order valence-corrected chi connectivity index (χ0v) is 22.5. The fourth-order valence-electron chi connectivity index (χ4n) is 5.19. The summed E-state index contributed by atoms with van der Waals surface area (Å²) in [5.41, 5.74) is 7.48. The molecule has 37 heavy (non-hydrogen) atoms. The fourth-order valence-corrected chi connectivity index (χ4v) is 5.19. The van der Waals surface area contributed by atoms with Gasteiger partial charge in [-0.15, -0.1) is 0 Å². The number of carbonyl (C=O) groups excluding carboxylic acids is 1. The van der Waals surface area contributed by atoms with Crippen LogP contribution in [0.25, 0.3) is 0 Å². The first-order chi connectivity index (χ1) is 17.9. The van der Waals surface area contributed by atoms with E-state index in [4.69, 9.17) is 14.6 Å². The second kappa shape index (κ2) is 12.8. The Balaban J connectivity index is 1.28. The van der Waals surface area contributed by atoms with Gasteiger partial charge in [-0.25, -0.2) is 0 Å². The van der Waals surface area contributed by atoms with Crippen molar-refractivity contribution in [1.82, 2.24) is 15.1 Å². The van der Waals surface area contributed by atoms with Crippen molar-refractivity contribution in [3.8, 4) is 0 Å². The molecule has 2 aliphatic rings. The Kier molecular flexibility index (Phi) is 9.56. The summed E-state index contributed by atoms with van der Waals surface area (Å²) >= 11 is 0. The first-order valence-electron chi connectivity index (χ1n) is 13.4. The molecule has 0 spiro atoms. The summed E-state index contributed by atoms with van der Waals surface area (Å²) in [6, 6.07) is 13.5. The molecule has 0 aromatic heterocycles. The first kappa shape index (κ1) is 27.5. The number of rotatable bonds is 12. The van der Waals surface area contributed by atoms with Gasteiger partial charge in [0.25, 0.3) is 0 Å². The zero-order chi connectivity index (χ0) is 26.3. The molecule has 2 aromatic rings. The minimum Gasteiger partial charge on any atom is -0.395 e. The van der Waals surface area contributed by atoms with E-state index < -0.39 is 0 Å². The van der Waals surface area contributed by atoms with Crippen LogP contribution in [0.3, 0.4) is 0 Å². The van der Waals surface area contributed by atoms with Gasteiger partial charge in [0.1, 0.15) is 6.61 Å². The summed E-state index contributed by atoms with van der Waals surface area (Å²) in [4.78, 5) is 16.4. The van der Waals surface area contributed by atoms with Crippen LogP contribution in [0, 0.1) is 0 Å². The Morgan fingerprint density at radius 3 is 2.51 bits per heavy atom. The second-order valence-electron chi connectivity index (χ2n) is 10.4. The number of nitrogens with one attached hydrogen (secondary N) is 2. The topological polar surface area (TPSA) is 86.3 Å². The minimum atomic E-state index is -0.183. The minimum absolute atomic E-state index is 0.0441. The zero-order valence-electron chi connectivity index (χ0n) is 22.5. The van der Waals surface area contributed by atoms with Crippen LogP contribution in [-0.2, 0) is 32.8 Å². The number of nitrogens with zero attached hydrogens (tertiary/aromatic N) is 2. The van der Waals surface area contributed by atoms with Gasteiger partial charge in [0.15, 0.2) is 0 Å². The molecule has 1 amide bonds. The van der Waals surface area contributed by atoms with E-state index >= 15 is 0 Å². The molecule has 1 saturated heterocycles. The Hall–Kier alpha value is -2.49. The number of piperazine rings is 1. The number of anilines is 2. The Bertz CT molecular complexity index is 1050. The summed E-state index contributed by atoms with van der Waals surface area (Å²) in [6.45, 7) is 14.6. The molecular weight excluding hydrogens is 468 g/mol. The van der Waals surface area contributed by atoms with Crippen molar-refractivity contribution in [2.45, 2.75) is 39.3 Å². The maximum atomic E-state index is 11.5. The molecule has 2 aromatic carbocycles. The van der Waals surface area contributed by atoms with Crippen molar-refractivity contribution in [2.24, 2.45) is 0 Å². The Morgan fingerprint density at radius 1 is 1.00 bits per heavy atom. The van der Waals surface area contributed by atoms with E-state index in [1.165, 1.54) is 33.6 Å². The smallest absolute Gasteiger partial charge is 0.246 e. The molecule has 0 atom stereocenters. The van der Waals surface area contributed by atoms with Gasteiger partial charge >= 0.3 is 0 Å². The second-order valence-corrected chi connectivity index (χ2v) is 10.4. The number of hydrogen-bond acceptors (Lipinski definition) is 7. The lowest BCUT2D eigenvalue weighted by Crippen LogP contribution is -2.47. The number of carbonyl (C=O) groups is 1. The standard InChI is InChI=1S/C29H42N4O4/c1-4-36-20-23-5-7-24-27(18-23)31-26-8-6-22(17-25(26)29(24,2)3)19-33-12-10-32(11-13-33)14-16-37-21-28(35)30-9-15-34/h5-8,17-18,31,34H,4,9-16,19-21H2,1-3H3,(H,30,35). The summed E-state index contributed by atoms with van der Waals surface area (Å²) in [5, 5.41) is 15.0. The molecular formula is C29H42N4O4. The predicted molar refractivity (Wildman–Crippen MR) is 146 cm³/mol. The number of hydrogen-bond donors (Lipinski definition) is 3. The van der Waals surface area contributed by atoms with E-state index in [2.05, 4.69) is 70.7 Å². The molecule has 0 aliphatic carbocycles. The number of aliphatic hydroxyl groups excluding tert-OH is 1. The first-order valence-corrected chi connectivity index (χ1v) is 13.4. The lowest BCUT2D eigenvalue weighted by atomic mass is 9.73. The monoisotopic (exact) mass is 510 g/mol. The summed E-state index contributed by atoms with van der Waals surface area (Å²) < 4.78 is 11.1. The number of fused-ring (bicyclic) bond motifs is 2. The number of amides is 1. The highest BCUT2D eigenvalue weighted by atomic mass is 16.5. The van der Waals surface area contributed by atoms with Crippen LogP contribution in [-0.4, -0.2) is 86.5 Å². The van der Waals surface area contributed by atoms with E-state index in [0.29, 0.717) is 13.2 Å². The number of aliphatic hydroxyl groups is 1. The molecule has 3 N–H and O–H groups in total. The van der Waals surface area contributed by atoms with E-state index in [1.54, 1.807) is 0 Å². The SMILES string of the molecule is CCOCc1ccc2c(c1)Nc1ccc(CN3CCN(CCOCC(=O)NCCO)CC3)cc1C2(C)C. The Labute approximate surface area is 220 Å². The van der Waals surface area contributed by atoms with Gasteiger partial charge in [-0.1, -0.05) is 38.1 Å². The molecule has 2 aliphatic heterocycles. The molecule has 1 fully saturated rings. The maximum absolute atomic E-state index is 11.5. The lowest BCUT2D eigenvalue weighted by molar-refractivity contribution is -0.126. The summed E-state index contributed by atoms with van der Waals surface area (Å²) in [5.74, 6) is -0.183. The van der Waals surface area contributed by atoms with Crippen LogP contribution in [0.1, 0.15) is 43.0 Å². The average molecular weight is 511 g/mol. The number of ether oxygens (including phenoxy) is 2. The van der Waals surface area contributed by atoms with E-state index in [9.17, 15) is 4.79 Å². The molecule has 0 bridgehead atoms. The van der Waals surface area contributed by atoms with Crippen LogP contribution < -0.4 is 10.6 Å². The van der Waals surface area contributed by atoms with Crippen LogP contribution >= 0.6 is 0 Å². The largest absolute Gasteiger partial charge is 0.395 e. The molecule has 8 nitrogen and oxygen atoms in total. The van der Waals surface area contributed by atoms with E-state index in [0.717, 1.165) is 45.9 Å². The van der Waals surface area contributed by atoms with Crippen LogP contribution in [0.2, 0.25) is 0 Å². The summed E-state index contributed by atoms with van der Waals surface area (Å²) in [6.07, 6.45) is 0. The lowest BCUT2D eigenvalue weighted by Gasteiger charge is -2.37. The molecule has 2 heterocycles. The molecule has 0 radical (unpaired) electrons. The number of benzene rings is 2. The van der Waals surface area contributed by atoms with E-state index in [-0.39, 0.29) is 31.1 Å². The third-order valence-corrected chi connectivity index (χ3v) is 7.35. The van der Waals surface area contributed by atoms with Gasteiger partial charge in [0.05, 0.1) is 19.8 Å². The van der Waals surface area contributed by atoms with Gasteiger partial charge in [0, 0.05) is 69.2 Å². The third-order valence-electron chi connectivity index (χ3n) is 7.35. The van der Waals surface area contributed by atoms with Gasteiger partial charge in [-0.2, -0.15) is 0 Å². The van der Waals surface area contributed by atoms with Crippen molar-refractivity contribution in [3.63, 3.8) is 0 Å². The fraction of sp³-hybridized carbons (Fsp3) is 0.552. The van der Waals surface area contributed by atoms with Crippen LogP contribution in [0.5, 0.6) is 0 Å². The third kappa shape index (κ3) is 7.09. The molecule has 202 valence electrons.